The predicted molar refractivity (Wildman–Crippen MR) is 110 cm³/mol. The van der Waals surface area contributed by atoms with Crippen LogP contribution in [0.5, 0.6) is 0 Å². The van der Waals surface area contributed by atoms with Gasteiger partial charge in [-0.2, -0.15) is 0 Å². The quantitative estimate of drug-likeness (QED) is 0.661. The van der Waals surface area contributed by atoms with Crippen molar-refractivity contribution in [2.24, 2.45) is 0 Å². The highest BCUT2D eigenvalue weighted by atomic mass is 32.1. The first kappa shape index (κ1) is 17.2. The van der Waals surface area contributed by atoms with E-state index in [1.165, 1.54) is 9.78 Å². The zero-order valence-electron chi connectivity index (χ0n) is 15.4. The van der Waals surface area contributed by atoms with Crippen LogP contribution in [0.1, 0.15) is 28.8 Å². The van der Waals surface area contributed by atoms with E-state index >= 15 is 0 Å². The van der Waals surface area contributed by atoms with Crippen molar-refractivity contribution in [1.29, 1.82) is 0 Å². The molecule has 0 saturated carbocycles. The van der Waals surface area contributed by atoms with E-state index in [0.717, 1.165) is 35.1 Å². The van der Waals surface area contributed by atoms with Gasteiger partial charge in [-0.15, -0.1) is 11.3 Å². The molecule has 5 rings (SSSR count). The minimum absolute atomic E-state index is 0.121. The molecule has 4 nitrogen and oxygen atoms in total. The molecule has 5 heteroatoms. The molecule has 1 saturated heterocycles. The van der Waals surface area contributed by atoms with Crippen LogP contribution in [0.4, 0.5) is 4.79 Å². The minimum atomic E-state index is -0.866. The Morgan fingerprint density at radius 3 is 2.50 bits per heavy atom. The monoisotopic (exact) mass is 388 g/mol. The van der Waals surface area contributed by atoms with Crippen molar-refractivity contribution >= 4 is 23.3 Å². The zero-order chi connectivity index (χ0) is 19.1. The van der Waals surface area contributed by atoms with Crippen molar-refractivity contribution in [3.05, 3.63) is 82.0 Å². The lowest BCUT2D eigenvalue weighted by Gasteiger charge is -2.31. The first-order valence-electron chi connectivity index (χ1n) is 9.53. The molecule has 1 aromatic heterocycles. The van der Waals surface area contributed by atoms with Crippen molar-refractivity contribution in [1.82, 2.24) is 10.2 Å². The third-order valence-electron chi connectivity index (χ3n) is 5.74. The molecule has 28 heavy (non-hydrogen) atoms. The molecule has 2 heterocycles. The summed E-state index contributed by atoms with van der Waals surface area (Å²) >= 11 is 1.67. The summed E-state index contributed by atoms with van der Waals surface area (Å²) in [4.78, 5) is 28.6. The van der Waals surface area contributed by atoms with Gasteiger partial charge in [0, 0.05) is 10.4 Å². The second-order valence-electron chi connectivity index (χ2n) is 7.40. The Morgan fingerprint density at radius 2 is 1.71 bits per heavy atom. The molecule has 0 bridgehead atoms. The molecule has 0 radical (unpaired) electrons. The highest BCUT2D eigenvalue weighted by Crippen LogP contribution is 2.42. The number of carbonyl (C=O) groups is 2. The van der Waals surface area contributed by atoms with Gasteiger partial charge in [-0.05, 0) is 47.4 Å². The number of nitrogens with zero attached hydrogens (tertiary/aromatic N) is 1. The summed E-state index contributed by atoms with van der Waals surface area (Å²) in [7, 11) is 0. The molecule has 1 aliphatic carbocycles. The highest BCUT2D eigenvalue weighted by molar-refractivity contribution is 7.10. The van der Waals surface area contributed by atoms with Gasteiger partial charge in [0.15, 0.2) is 0 Å². The number of benzene rings is 2. The molecule has 1 atom stereocenters. The Bertz CT molecular complexity index is 1040. The third kappa shape index (κ3) is 2.66. The maximum Gasteiger partial charge on any atom is 0.325 e. The minimum Gasteiger partial charge on any atom is -0.319 e. The Balaban J connectivity index is 1.40. The molecule has 3 aromatic rings. The number of imide groups is 1. The van der Waals surface area contributed by atoms with Crippen molar-refractivity contribution in [3.8, 4) is 11.1 Å². The fraction of sp³-hybridized carbons (Fsp3) is 0.217. The fourth-order valence-electron chi connectivity index (χ4n) is 4.30. The van der Waals surface area contributed by atoms with Crippen molar-refractivity contribution in [2.75, 3.05) is 0 Å². The van der Waals surface area contributed by atoms with Crippen LogP contribution >= 0.6 is 11.3 Å². The number of fused-ring (bicyclic) bond motifs is 2. The lowest BCUT2D eigenvalue weighted by molar-refractivity contribution is -0.132. The van der Waals surface area contributed by atoms with Crippen LogP contribution in [-0.2, 0) is 23.3 Å². The Kier molecular flexibility index (Phi) is 4.05. The molecular weight excluding hydrogens is 368 g/mol. The number of urea groups is 1. The topological polar surface area (TPSA) is 49.4 Å². The van der Waals surface area contributed by atoms with Gasteiger partial charge in [-0.25, -0.2) is 4.79 Å². The van der Waals surface area contributed by atoms with E-state index in [1.807, 2.05) is 53.9 Å². The van der Waals surface area contributed by atoms with E-state index in [2.05, 4.69) is 17.4 Å². The lowest BCUT2D eigenvalue weighted by atomic mass is 9.80. The normalized spacial score (nSPS) is 21.1. The smallest absolute Gasteiger partial charge is 0.319 e. The van der Waals surface area contributed by atoms with Gasteiger partial charge in [0.2, 0.25) is 0 Å². The summed E-state index contributed by atoms with van der Waals surface area (Å²) < 4.78 is 0. The number of aryl methyl sites for hydroxylation is 1. The number of hydrogen-bond donors (Lipinski definition) is 1. The van der Waals surface area contributed by atoms with E-state index in [4.69, 9.17) is 0 Å². The predicted octanol–water partition coefficient (Wildman–Crippen LogP) is 4.70. The molecule has 1 fully saturated rings. The lowest BCUT2D eigenvalue weighted by Crippen LogP contribution is -2.46. The molecule has 140 valence electrons. The van der Waals surface area contributed by atoms with Crippen LogP contribution in [0.25, 0.3) is 11.1 Å². The van der Waals surface area contributed by atoms with Gasteiger partial charge >= 0.3 is 6.03 Å². The summed E-state index contributed by atoms with van der Waals surface area (Å²) in [5, 5.41) is 5.03. The van der Waals surface area contributed by atoms with Crippen molar-refractivity contribution < 1.29 is 9.59 Å². The van der Waals surface area contributed by atoms with Gasteiger partial charge < -0.3 is 5.32 Å². The van der Waals surface area contributed by atoms with Gasteiger partial charge in [-0.3, -0.25) is 9.69 Å². The fourth-order valence-corrected chi connectivity index (χ4v) is 5.30. The van der Waals surface area contributed by atoms with E-state index in [1.54, 1.807) is 11.3 Å². The number of carbonyl (C=O) groups excluding carboxylic acids is 2. The Morgan fingerprint density at radius 1 is 0.964 bits per heavy atom. The number of hydrogen-bond acceptors (Lipinski definition) is 3. The van der Waals surface area contributed by atoms with Crippen LogP contribution < -0.4 is 5.32 Å². The van der Waals surface area contributed by atoms with Crippen LogP contribution in [0.15, 0.2) is 66.0 Å². The molecule has 2 aromatic carbocycles. The molecular formula is C23H20N2O2S. The van der Waals surface area contributed by atoms with Crippen molar-refractivity contribution in [2.45, 2.75) is 31.3 Å². The maximum atomic E-state index is 13.3. The van der Waals surface area contributed by atoms with E-state index in [0.29, 0.717) is 13.0 Å². The second kappa shape index (κ2) is 6.60. The van der Waals surface area contributed by atoms with E-state index < -0.39 is 5.54 Å². The SMILES string of the molecule is O=C1N[C@]2(CCCc3sccc32)C(=O)N1Cc1ccc(-c2ccccc2)cc1. The van der Waals surface area contributed by atoms with Crippen LogP contribution in [0.3, 0.4) is 0 Å². The molecule has 0 unspecified atom stereocenters. The average molecular weight is 388 g/mol. The molecule has 2 aliphatic rings. The summed E-state index contributed by atoms with van der Waals surface area (Å²) in [5.41, 5.74) is 3.34. The standard InChI is InChI=1S/C23H20N2O2S/c26-21-23(13-4-7-20-19(23)12-14-28-20)24-22(27)25(21)15-16-8-10-18(11-9-16)17-5-2-1-3-6-17/h1-3,5-6,8-12,14H,4,7,13,15H2,(H,24,27)/t23-/m0/s1. The number of rotatable bonds is 3. The summed E-state index contributed by atoms with van der Waals surface area (Å²) in [6.45, 7) is 0.293. The van der Waals surface area contributed by atoms with E-state index in [-0.39, 0.29) is 11.9 Å². The number of thiophene rings is 1. The van der Waals surface area contributed by atoms with Gasteiger partial charge in [0.25, 0.3) is 5.91 Å². The number of amides is 3. The largest absolute Gasteiger partial charge is 0.325 e. The van der Waals surface area contributed by atoms with Crippen molar-refractivity contribution in [3.63, 3.8) is 0 Å². The molecule has 3 amide bonds. The van der Waals surface area contributed by atoms with Crippen LogP contribution in [-0.4, -0.2) is 16.8 Å². The maximum absolute atomic E-state index is 13.3. The van der Waals surface area contributed by atoms with Gasteiger partial charge in [0.1, 0.15) is 5.54 Å². The second-order valence-corrected chi connectivity index (χ2v) is 8.40. The highest BCUT2D eigenvalue weighted by Gasteiger charge is 2.54. The average Bonchev–Trinajstić information content (AvgIpc) is 3.30. The zero-order valence-corrected chi connectivity index (χ0v) is 16.2. The van der Waals surface area contributed by atoms with E-state index in [9.17, 15) is 9.59 Å². The van der Waals surface area contributed by atoms with Gasteiger partial charge in [-0.1, -0.05) is 54.6 Å². The first-order valence-corrected chi connectivity index (χ1v) is 10.4. The Labute approximate surface area is 167 Å². The molecule has 1 aliphatic heterocycles. The molecule has 1 N–H and O–H groups in total. The summed E-state index contributed by atoms with van der Waals surface area (Å²) in [5.74, 6) is -0.121. The van der Waals surface area contributed by atoms with Gasteiger partial charge in [0.05, 0.1) is 6.54 Å². The summed E-state index contributed by atoms with van der Waals surface area (Å²) in [6, 6.07) is 19.9. The number of nitrogens with one attached hydrogen (secondary N) is 1. The Hall–Kier alpha value is -2.92. The summed E-state index contributed by atoms with van der Waals surface area (Å²) in [6.07, 6.45) is 2.57. The first-order chi connectivity index (χ1) is 13.7. The molecule has 1 spiro atoms. The third-order valence-corrected chi connectivity index (χ3v) is 6.72. The van der Waals surface area contributed by atoms with Crippen LogP contribution in [0, 0.1) is 0 Å². The van der Waals surface area contributed by atoms with Crippen LogP contribution in [0.2, 0.25) is 0 Å².